The van der Waals surface area contributed by atoms with E-state index in [0.29, 0.717) is 11.8 Å². The Kier molecular flexibility index (Phi) is 6.69. The third-order valence-corrected chi connectivity index (χ3v) is 3.12. The SMILES string of the molecule is CCOC(=O)CS/C(N)=N\N=C1CCCCC1. The summed E-state index contributed by atoms with van der Waals surface area (Å²) >= 11 is 1.16. The van der Waals surface area contributed by atoms with E-state index in [1.165, 1.54) is 19.3 Å². The minimum atomic E-state index is -0.277. The first kappa shape index (κ1) is 14.0. The van der Waals surface area contributed by atoms with E-state index in [1.807, 2.05) is 0 Å². The summed E-state index contributed by atoms with van der Waals surface area (Å²) in [6.07, 6.45) is 5.67. The molecule has 1 saturated carbocycles. The lowest BCUT2D eigenvalue weighted by atomic mass is 9.99. The highest BCUT2D eigenvalue weighted by Gasteiger charge is 2.07. The van der Waals surface area contributed by atoms with Crippen molar-refractivity contribution in [3.63, 3.8) is 0 Å². The number of amidine groups is 1. The van der Waals surface area contributed by atoms with Crippen LogP contribution in [0.1, 0.15) is 39.0 Å². The van der Waals surface area contributed by atoms with Crippen LogP contribution in [0.15, 0.2) is 10.2 Å². The van der Waals surface area contributed by atoms with E-state index in [0.717, 1.165) is 30.3 Å². The molecule has 0 radical (unpaired) electrons. The zero-order chi connectivity index (χ0) is 12.5. The molecule has 0 aromatic rings. The van der Waals surface area contributed by atoms with Crippen molar-refractivity contribution in [1.82, 2.24) is 0 Å². The number of hydrogen-bond donors (Lipinski definition) is 1. The number of ether oxygens (including phenoxy) is 1. The summed E-state index contributed by atoms with van der Waals surface area (Å²) in [4.78, 5) is 11.1. The highest BCUT2D eigenvalue weighted by molar-refractivity contribution is 8.14. The van der Waals surface area contributed by atoms with Crippen LogP contribution in [0.25, 0.3) is 0 Å². The maximum absolute atomic E-state index is 11.1. The van der Waals surface area contributed by atoms with Crippen LogP contribution >= 0.6 is 11.8 Å². The summed E-state index contributed by atoms with van der Waals surface area (Å²) in [5.41, 5.74) is 6.74. The van der Waals surface area contributed by atoms with Crippen LogP contribution in [0.5, 0.6) is 0 Å². The van der Waals surface area contributed by atoms with Crippen LogP contribution < -0.4 is 5.73 Å². The molecule has 0 unspecified atom stereocenters. The lowest BCUT2D eigenvalue weighted by Gasteiger charge is -2.10. The topological polar surface area (TPSA) is 77.0 Å². The number of rotatable bonds is 4. The highest BCUT2D eigenvalue weighted by atomic mass is 32.2. The minimum Gasteiger partial charge on any atom is -0.465 e. The number of nitrogens with zero attached hydrogens (tertiary/aromatic N) is 2. The van der Waals surface area contributed by atoms with Crippen LogP contribution in [-0.2, 0) is 9.53 Å². The van der Waals surface area contributed by atoms with Crippen molar-refractivity contribution in [3.8, 4) is 0 Å². The second-order valence-electron chi connectivity index (χ2n) is 3.76. The Bertz CT molecular complexity index is 308. The Hall–Kier alpha value is -1.04. The van der Waals surface area contributed by atoms with Gasteiger partial charge < -0.3 is 10.5 Å². The maximum atomic E-state index is 11.1. The van der Waals surface area contributed by atoms with Gasteiger partial charge in [-0.3, -0.25) is 4.79 Å². The molecular formula is C11H19N3O2S. The molecule has 17 heavy (non-hydrogen) atoms. The molecule has 0 spiro atoms. The van der Waals surface area contributed by atoms with Gasteiger partial charge in [0.05, 0.1) is 12.4 Å². The number of thioether (sulfide) groups is 1. The van der Waals surface area contributed by atoms with Crippen molar-refractivity contribution < 1.29 is 9.53 Å². The second kappa shape index (κ2) is 8.11. The molecule has 0 saturated heterocycles. The summed E-state index contributed by atoms with van der Waals surface area (Å²) < 4.78 is 4.78. The molecule has 2 N–H and O–H groups in total. The molecule has 1 rings (SSSR count). The third kappa shape index (κ3) is 6.31. The molecule has 1 aliphatic rings. The lowest BCUT2D eigenvalue weighted by molar-refractivity contribution is -0.139. The normalized spacial score (nSPS) is 16.8. The predicted molar refractivity (Wildman–Crippen MR) is 71.2 cm³/mol. The van der Waals surface area contributed by atoms with E-state index in [2.05, 4.69) is 10.2 Å². The van der Waals surface area contributed by atoms with Gasteiger partial charge in [0.15, 0.2) is 5.17 Å². The largest absolute Gasteiger partial charge is 0.465 e. The Labute approximate surface area is 106 Å². The van der Waals surface area contributed by atoms with Crippen LogP contribution in [0.4, 0.5) is 0 Å². The fraction of sp³-hybridized carbons (Fsp3) is 0.727. The van der Waals surface area contributed by atoms with Crippen molar-refractivity contribution in [3.05, 3.63) is 0 Å². The van der Waals surface area contributed by atoms with E-state index in [9.17, 15) is 4.79 Å². The van der Waals surface area contributed by atoms with Gasteiger partial charge in [0.2, 0.25) is 0 Å². The summed E-state index contributed by atoms with van der Waals surface area (Å²) in [6, 6.07) is 0. The van der Waals surface area contributed by atoms with Gasteiger partial charge >= 0.3 is 5.97 Å². The molecule has 0 aromatic heterocycles. The van der Waals surface area contributed by atoms with E-state index in [1.54, 1.807) is 6.92 Å². The highest BCUT2D eigenvalue weighted by Crippen LogP contribution is 2.15. The molecule has 0 amide bonds. The van der Waals surface area contributed by atoms with E-state index in [4.69, 9.17) is 10.5 Å². The van der Waals surface area contributed by atoms with Crippen molar-refractivity contribution >= 4 is 28.6 Å². The van der Waals surface area contributed by atoms with Crippen LogP contribution in [0.2, 0.25) is 0 Å². The standard InChI is InChI=1S/C11H19N3O2S/c1-2-16-10(15)8-17-11(12)14-13-9-6-4-3-5-7-9/h2-8H2,1H3,(H2,12,14). The molecule has 6 heteroatoms. The molecule has 1 fully saturated rings. The summed E-state index contributed by atoms with van der Waals surface area (Å²) in [7, 11) is 0. The van der Waals surface area contributed by atoms with Gasteiger partial charge in [0.25, 0.3) is 0 Å². The Morgan fingerprint density at radius 3 is 2.76 bits per heavy atom. The van der Waals surface area contributed by atoms with E-state index in [-0.39, 0.29) is 11.7 Å². The van der Waals surface area contributed by atoms with Crippen molar-refractivity contribution in [2.75, 3.05) is 12.4 Å². The molecule has 0 aliphatic heterocycles. The van der Waals surface area contributed by atoms with Gasteiger partial charge in [-0.15, -0.1) is 5.10 Å². The van der Waals surface area contributed by atoms with Crippen molar-refractivity contribution in [2.45, 2.75) is 39.0 Å². The fourth-order valence-corrected chi connectivity index (χ4v) is 1.99. The van der Waals surface area contributed by atoms with Gasteiger partial charge in [0.1, 0.15) is 0 Å². The molecule has 0 bridgehead atoms. The first-order valence-corrected chi connectivity index (χ1v) is 6.88. The zero-order valence-corrected chi connectivity index (χ0v) is 11.0. The number of carbonyl (C=O) groups is 1. The Morgan fingerprint density at radius 1 is 1.41 bits per heavy atom. The van der Waals surface area contributed by atoms with Crippen LogP contribution in [0, 0.1) is 0 Å². The first-order valence-electron chi connectivity index (χ1n) is 5.89. The average Bonchev–Trinajstić information content (AvgIpc) is 2.35. The van der Waals surface area contributed by atoms with E-state index >= 15 is 0 Å². The monoisotopic (exact) mass is 257 g/mol. The average molecular weight is 257 g/mol. The van der Waals surface area contributed by atoms with Gasteiger partial charge in [-0.1, -0.05) is 18.2 Å². The quantitative estimate of drug-likeness (QED) is 0.361. The summed E-state index contributed by atoms with van der Waals surface area (Å²) in [5, 5.41) is 8.35. The van der Waals surface area contributed by atoms with Gasteiger partial charge in [-0.05, 0) is 32.6 Å². The molecule has 0 aromatic carbocycles. The molecule has 1 aliphatic carbocycles. The lowest BCUT2D eigenvalue weighted by Crippen LogP contribution is -2.13. The number of hydrogen-bond acceptors (Lipinski definition) is 5. The summed E-state index contributed by atoms with van der Waals surface area (Å²) in [5.74, 6) is -0.0884. The van der Waals surface area contributed by atoms with Gasteiger partial charge in [-0.25, -0.2) is 0 Å². The molecule has 96 valence electrons. The van der Waals surface area contributed by atoms with Crippen molar-refractivity contribution in [2.24, 2.45) is 15.9 Å². The molecule has 5 nitrogen and oxygen atoms in total. The number of esters is 1. The smallest absolute Gasteiger partial charge is 0.316 e. The number of carbonyl (C=O) groups excluding carboxylic acids is 1. The minimum absolute atomic E-state index is 0.189. The van der Waals surface area contributed by atoms with E-state index < -0.39 is 0 Å². The van der Waals surface area contributed by atoms with Crippen molar-refractivity contribution in [1.29, 1.82) is 0 Å². The Morgan fingerprint density at radius 2 is 2.12 bits per heavy atom. The first-order chi connectivity index (χ1) is 8.22. The molecular weight excluding hydrogens is 238 g/mol. The van der Waals surface area contributed by atoms with Crippen LogP contribution in [0.3, 0.4) is 0 Å². The molecule has 0 atom stereocenters. The maximum Gasteiger partial charge on any atom is 0.316 e. The third-order valence-electron chi connectivity index (χ3n) is 2.36. The number of nitrogens with two attached hydrogens (primary N) is 1. The predicted octanol–water partition coefficient (Wildman–Crippen LogP) is 1.92. The summed E-state index contributed by atoms with van der Waals surface area (Å²) in [6.45, 7) is 2.16. The van der Waals surface area contributed by atoms with Gasteiger partial charge in [-0.2, -0.15) is 5.10 Å². The fourth-order valence-electron chi connectivity index (χ4n) is 1.54. The van der Waals surface area contributed by atoms with Crippen LogP contribution in [-0.4, -0.2) is 29.2 Å². The molecule has 0 heterocycles. The van der Waals surface area contributed by atoms with Gasteiger partial charge in [0, 0.05) is 5.71 Å². The Balaban J connectivity index is 2.30. The second-order valence-corrected chi connectivity index (χ2v) is 4.75. The zero-order valence-electron chi connectivity index (χ0n) is 10.1.